The van der Waals surface area contributed by atoms with E-state index in [9.17, 15) is 9.59 Å². The first-order valence-electron chi connectivity index (χ1n) is 8.30. The van der Waals surface area contributed by atoms with Crippen molar-refractivity contribution in [3.05, 3.63) is 59.2 Å². The Hall–Kier alpha value is -2.82. The average Bonchev–Trinajstić information content (AvgIpc) is 2.64. The molecule has 1 amide bonds. The number of aryl methyl sites for hydroxylation is 1. The number of nitrogens with zero attached hydrogens (tertiary/aromatic N) is 1. The average molecular weight is 339 g/mol. The molecule has 0 unspecified atom stereocenters. The van der Waals surface area contributed by atoms with E-state index in [1.54, 1.807) is 17.0 Å². The second kappa shape index (κ2) is 7.38. The summed E-state index contributed by atoms with van der Waals surface area (Å²) in [6, 6.07) is 13.0. The lowest BCUT2D eigenvalue weighted by Crippen LogP contribution is -2.39. The fourth-order valence-corrected chi connectivity index (χ4v) is 3.11. The van der Waals surface area contributed by atoms with Crippen LogP contribution in [-0.4, -0.2) is 32.1 Å². The van der Waals surface area contributed by atoms with E-state index in [0.29, 0.717) is 17.9 Å². The molecule has 0 saturated heterocycles. The van der Waals surface area contributed by atoms with Crippen LogP contribution < -0.4 is 9.64 Å². The summed E-state index contributed by atoms with van der Waals surface area (Å²) in [5.41, 5.74) is 3.24. The number of fused-ring (bicyclic) bond motifs is 1. The van der Waals surface area contributed by atoms with Gasteiger partial charge in [0.2, 0.25) is 0 Å². The van der Waals surface area contributed by atoms with Crippen LogP contribution in [-0.2, 0) is 16.0 Å². The lowest BCUT2D eigenvalue weighted by atomic mass is 9.96. The van der Waals surface area contributed by atoms with Gasteiger partial charge in [-0.25, -0.2) is 4.79 Å². The van der Waals surface area contributed by atoms with Gasteiger partial charge in [0.15, 0.2) is 6.61 Å². The molecule has 0 radical (unpaired) electrons. The molecule has 0 bridgehead atoms. The van der Waals surface area contributed by atoms with Gasteiger partial charge in [-0.2, -0.15) is 0 Å². The van der Waals surface area contributed by atoms with Crippen LogP contribution in [0.15, 0.2) is 42.5 Å². The summed E-state index contributed by atoms with van der Waals surface area (Å²) >= 11 is 0. The van der Waals surface area contributed by atoms with Gasteiger partial charge in [0.1, 0.15) is 5.75 Å². The number of amides is 1. The van der Waals surface area contributed by atoms with Crippen LogP contribution in [0.2, 0.25) is 0 Å². The first-order chi connectivity index (χ1) is 12.1. The highest BCUT2D eigenvalue weighted by Gasteiger charge is 2.26. The number of ether oxygens (including phenoxy) is 2. The van der Waals surface area contributed by atoms with Gasteiger partial charge in [-0.3, -0.25) is 4.79 Å². The highest BCUT2D eigenvalue weighted by molar-refractivity contribution is 5.99. The number of anilines is 1. The van der Waals surface area contributed by atoms with Crippen LogP contribution >= 0.6 is 0 Å². The van der Waals surface area contributed by atoms with Crippen molar-refractivity contribution in [2.45, 2.75) is 19.8 Å². The van der Waals surface area contributed by atoms with Crippen LogP contribution in [0.3, 0.4) is 0 Å². The first-order valence-corrected chi connectivity index (χ1v) is 8.30. The molecule has 1 aliphatic heterocycles. The van der Waals surface area contributed by atoms with Crippen molar-refractivity contribution in [1.82, 2.24) is 0 Å². The van der Waals surface area contributed by atoms with Gasteiger partial charge >= 0.3 is 5.97 Å². The number of hydrogen-bond acceptors (Lipinski definition) is 4. The monoisotopic (exact) mass is 339 g/mol. The van der Waals surface area contributed by atoms with E-state index in [1.807, 2.05) is 37.3 Å². The van der Waals surface area contributed by atoms with Gasteiger partial charge in [0.05, 0.1) is 12.7 Å². The van der Waals surface area contributed by atoms with Gasteiger partial charge < -0.3 is 14.4 Å². The molecule has 5 nitrogen and oxygen atoms in total. The minimum Gasteiger partial charge on any atom is -0.484 e. The molecule has 2 aromatic rings. The van der Waals surface area contributed by atoms with Crippen molar-refractivity contribution in [1.29, 1.82) is 0 Å². The molecule has 1 heterocycles. The van der Waals surface area contributed by atoms with E-state index >= 15 is 0 Å². The summed E-state index contributed by atoms with van der Waals surface area (Å²) in [6.45, 7) is 2.56. The Balaban J connectivity index is 1.78. The summed E-state index contributed by atoms with van der Waals surface area (Å²) < 4.78 is 10.5. The van der Waals surface area contributed by atoms with Crippen LogP contribution in [0.4, 0.5) is 5.69 Å². The molecule has 5 heteroatoms. The molecule has 0 atom stereocenters. The largest absolute Gasteiger partial charge is 0.484 e. The van der Waals surface area contributed by atoms with Gasteiger partial charge in [-0.05, 0) is 55.2 Å². The highest BCUT2D eigenvalue weighted by atomic mass is 16.5. The van der Waals surface area contributed by atoms with Crippen molar-refractivity contribution >= 4 is 17.6 Å². The molecule has 0 fully saturated rings. The number of benzene rings is 2. The lowest BCUT2D eigenvalue weighted by molar-refractivity contribution is -0.120. The van der Waals surface area contributed by atoms with Crippen molar-refractivity contribution in [2.75, 3.05) is 25.2 Å². The molecular formula is C20H21NO4. The highest BCUT2D eigenvalue weighted by Crippen LogP contribution is 2.30. The second-order valence-electron chi connectivity index (χ2n) is 6.05. The summed E-state index contributed by atoms with van der Waals surface area (Å²) in [4.78, 5) is 26.3. The molecule has 0 aliphatic carbocycles. The van der Waals surface area contributed by atoms with E-state index in [-0.39, 0.29) is 18.5 Å². The molecule has 1 aliphatic rings. The van der Waals surface area contributed by atoms with Gasteiger partial charge in [0.25, 0.3) is 5.91 Å². The SMILES string of the molecule is COC(=O)c1cccc2c1CCCN2C(=O)COc1cccc(C)c1. The maximum Gasteiger partial charge on any atom is 0.338 e. The van der Waals surface area contributed by atoms with Gasteiger partial charge in [0, 0.05) is 12.2 Å². The molecule has 3 rings (SSSR count). The molecule has 2 aromatic carbocycles. The Kier molecular flexibility index (Phi) is 5.03. The molecule has 0 spiro atoms. The van der Waals surface area contributed by atoms with Crippen LogP contribution in [0.5, 0.6) is 5.75 Å². The number of hydrogen-bond donors (Lipinski definition) is 0. The maximum atomic E-state index is 12.7. The molecule has 0 N–H and O–H groups in total. The zero-order chi connectivity index (χ0) is 17.8. The van der Waals surface area contributed by atoms with E-state index in [4.69, 9.17) is 9.47 Å². The van der Waals surface area contributed by atoms with Crippen molar-refractivity contribution < 1.29 is 19.1 Å². The van der Waals surface area contributed by atoms with Gasteiger partial charge in [-0.1, -0.05) is 18.2 Å². The number of carbonyl (C=O) groups is 2. The minimum atomic E-state index is -0.373. The first kappa shape index (κ1) is 17.0. The van der Waals surface area contributed by atoms with Crippen molar-refractivity contribution in [2.24, 2.45) is 0 Å². The Morgan fingerprint density at radius 3 is 2.72 bits per heavy atom. The lowest BCUT2D eigenvalue weighted by Gasteiger charge is -2.30. The summed E-state index contributed by atoms with van der Waals surface area (Å²) in [5, 5.41) is 0. The fraction of sp³-hybridized carbons (Fsp3) is 0.300. The van der Waals surface area contributed by atoms with Gasteiger partial charge in [-0.15, -0.1) is 0 Å². The molecule has 0 saturated carbocycles. The summed E-state index contributed by atoms with van der Waals surface area (Å²) in [5.74, 6) is 0.181. The van der Waals surface area contributed by atoms with Crippen molar-refractivity contribution in [3.8, 4) is 5.75 Å². The molecule has 25 heavy (non-hydrogen) atoms. The number of carbonyl (C=O) groups excluding carboxylic acids is 2. The zero-order valence-electron chi connectivity index (χ0n) is 14.5. The Morgan fingerprint density at radius 1 is 1.16 bits per heavy atom. The van der Waals surface area contributed by atoms with E-state index < -0.39 is 0 Å². The quantitative estimate of drug-likeness (QED) is 0.803. The Bertz CT molecular complexity index is 800. The molecule has 130 valence electrons. The Morgan fingerprint density at radius 2 is 1.96 bits per heavy atom. The molecular weight excluding hydrogens is 318 g/mol. The molecule has 0 aromatic heterocycles. The van der Waals surface area contributed by atoms with Crippen LogP contribution in [0, 0.1) is 6.92 Å². The Labute approximate surface area is 147 Å². The maximum absolute atomic E-state index is 12.7. The second-order valence-corrected chi connectivity index (χ2v) is 6.05. The summed E-state index contributed by atoms with van der Waals surface area (Å²) in [6.07, 6.45) is 1.56. The third-order valence-electron chi connectivity index (χ3n) is 4.31. The van der Waals surface area contributed by atoms with E-state index in [1.165, 1.54) is 7.11 Å². The number of rotatable bonds is 4. The zero-order valence-corrected chi connectivity index (χ0v) is 14.5. The van der Waals surface area contributed by atoms with Crippen molar-refractivity contribution in [3.63, 3.8) is 0 Å². The third-order valence-corrected chi connectivity index (χ3v) is 4.31. The predicted octanol–water partition coefficient (Wildman–Crippen LogP) is 3.14. The minimum absolute atomic E-state index is 0.0364. The standard InChI is InChI=1S/C20H21NO4/c1-14-6-3-7-15(12-14)25-13-19(22)21-11-5-9-16-17(20(23)24-2)8-4-10-18(16)21/h3-4,6-8,10,12H,5,9,11,13H2,1-2H3. The van der Waals surface area contributed by atoms with Crippen LogP contribution in [0.25, 0.3) is 0 Å². The smallest absolute Gasteiger partial charge is 0.338 e. The number of methoxy groups -OCH3 is 1. The fourth-order valence-electron chi connectivity index (χ4n) is 3.11. The van der Waals surface area contributed by atoms with Crippen LogP contribution in [0.1, 0.15) is 27.9 Å². The topological polar surface area (TPSA) is 55.8 Å². The normalized spacial score (nSPS) is 13.1. The van der Waals surface area contributed by atoms with E-state index in [0.717, 1.165) is 29.7 Å². The number of esters is 1. The summed E-state index contributed by atoms with van der Waals surface area (Å²) in [7, 11) is 1.36. The third kappa shape index (κ3) is 3.65. The predicted molar refractivity (Wildman–Crippen MR) is 95.1 cm³/mol. The van der Waals surface area contributed by atoms with E-state index in [2.05, 4.69) is 0 Å².